The van der Waals surface area contributed by atoms with Gasteiger partial charge < -0.3 is 9.84 Å². The third-order valence-electron chi connectivity index (χ3n) is 6.46. The molecule has 2 aromatic heterocycles. The van der Waals surface area contributed by atoms with Crippen molar-refractivity contribution < 1.29 is 18.3 Å². The topological polar surface area (TPSA) is 159 Å². The van der Waals surface area contributed by atoms with Crippen LogP contribution in [0.5, 0.6) is 5.88 Å². The van der Waals surface area contributed by atoms with Crippen LogP contribution >= 0.6 is 0 Å². The van der Waals surface area contributed by atoms with Crippen molar-refractivity contribution in [2.75, 3.05) is 0 Å². The first-order chi connectivity index (χ1) is 19.6. The number of aromatic hydroxyl groups is 1. The second kappa shape index (κ2) is 12.1. The van der Waals surface area contributed by atoms with Crippen molar-refractivity contribution in [3.63, 3.8) is 0 Å². The lowest BCUT2D eigenvalue weighted by Crippen LogP contribution is -2.34. The minimum absolute atomic E-state index is 0.0466. The highest BCUT2D eigenvalue weighted by Crippen LogP contribution is 2.30. The molecular formula is C30H27N5O5S. The van der Waals surface area contributed by atoms with Crippen LogP contribution in [0.3, 0.4) is 0 Å². The van der Waals surface area contributed by atoms with Gasteiger partial charge in [-0.1, -0.05) is 31.2 Å². The van der Waals surface area contributed by atoms with Crippen LogP contribution in [-0.2, 0) is 21.2 Å². The van der Waals surface area contributed by atoms with E-state index < -0.39 is 32.2 Å². The van der Waals surface area contributed by atoms with Gasteiger partial charge in [0.05, 0.1) is 40.3 Å². The quantitative estimate of drug-likeness (QED) is 0.306. The fourth-order valence-electron chi connectivity index (χ4n) is 4.49. The monoisotopic (exact) mass is 569 g/mol. The summed E-state index contributed by atoms with van der Waals surface area (Å²) < 4.78 is 34.4. The summed E-state index contributed by atoms with van der Waals surface area (Å²) in [5.74, 6) is -0.886. The Balaban J connectivity index is 1.88. The average molecular weight is 570 g/mol. The lowest BCUT2D eigenvalue weighted by molar-refractivity contribution is 0.0573. The minimum Gasteiger partial charge on any atom is -0.492 e. The Morgan fingerprint density at radius 1 is 1.07 bits per heavy atom. The molecule has 41 heavy (non-hydrogen) atoms. The fourth-order valence-corrected chi connectivity index (χ4v) is 5.83. The molecule has 4 aromatic rings. The fraction of sp³-hybridized carbons (Fsp3) is 0.233. The number of sulfone groups is 1. The molecule has 0 saturated heterocycles. The summed E-state index contributed by atoms with van der Waals surface area (Å²) in [6.07, 6.45) is 3.11. The van der Waals surface area contributed by atoms with Crippen molar-refractivity contribution in [1.29, 1.82) is 10.5 Å². The molecule has 1 atom stereocenters. The van der Waals surface area contributed by atoms with Gasteiger partial charge in [-0.05, 0) is 61.7 Å². The molecule has 0 radical (unpaired) electrons. The third kappa shape index (κ3) is 5.87. The van der Waals surface area contributed by atoms with Crippen molar-refractivity contribution >= 4 is 9.84 Å². The van der Waals surface area contributed by atoms with Gasteiger partial charge in [-0.15, -0.1) is 0 Å². The number of pyridine rings is 1. The summed E-state index contributed by atoms with van der Waals surface area (Å²) in [7, 11) is -4.54. The second-order valence-corrected chi connectivity index (χ2v) is 11.3. The molecule has 10 nitrogen and oxygen atoms in total. The molecule has 2 aromatic carbocycles. The van der Waals surface area contributed by atoms with Crippen molar-refractivity contribution in [2.45, 2.75) is 55.7 Å². The molecule has 0 saturated carbocycles. The predicted molar refractivity (Wildman–Crippen MR) is 150 cm³/mol. The number of benzene rings is 2. The lowest BCUT2D eigenvalue weighted by Gasteiger charge is -2.24. The number of hydrogen-bond acceptors (Lipinski definition) is 9. The van der Waals surface area contributed by atoms with Crippen molar-refractivity contribution in [3.8, 4) is 29.1 Å². The highest BCUT2D eigenvalue weighted by molar-refractivity contribution is 7.91. The molecule has 0 fully saturated rings. The van der Waals surface area contributed by atoms with Gasteiger partial charge in [-0.3, -0.25) is 14.3 Å². The number of rotatable bonds is 9. The summed E-state index contributed by atoms with van der Waals surface area (Å²) in [5, 5.41) is 29.6. The molecule has 0 aliphatic rings. The van der Waals surface area contributed by atoms with Gasteiger partial charge in [-0.25, -0.2) is 8.42 Å². The van der Waals surface area contributed by atoms with E-state index in [9.17, 15) is 28.8 Å². The zero-order chi connectivity index (χ0) is 29.7. The van der Waals surface area contributed by atoms with Gasteiger partial charge in [0.15, 0.2) is 4.90 Å². The molecule has 4 rings (SSSR count). The van der Waals surface area contributed by atoms with Gasteiger partial charge in [0.25, 0.3) is 5.56 Å². The molecule has 0 amide bonds. The zero-order valence-corrected chi connectivity index (χ0v) is 23.5. The molecule has 11 heteroatoms. The number of nitriles is 2. The lowest BCUT2D eigenvalue weighted by atomic mass is 10.0. The molecule has 0 bridgehead atoms. The van der Waals surface area contributed by atoms with Crippen LogP contribution in [0.4, 0.5) is 0 Å². The molecule has 2 heterocycles. The van der Waals surface area contributed by atoms with Crippen molar-refractivity contribution in [2.24, 2.45) is 0 Å². The first-order valence-corrected chi connectivity index (χ1v) is 14.3. The van der Waals surface area contributed by atoms with Gasteiger partial charge in [0, 0.05) is 18.0 Å². The third-order valence-corrected chi connectivity index (χ3v) is 8.25. The van der Waals surface area contributed by atoms with Crippen LogP contribution in [0.15, 0.2) is 81.6 Å². The summed E-state index contributed by atoms with van der Waals surface area (Å²) >= 11 is 0. The van der Waals surface area contributed by atoms with Crippen LogP contribution in [0.25, 0.3) is 11.1 Å². The second-order valence-electron chi connectivity index (χ2n) is 9.44. The van der Waals surface area contributed by atoms with E-state index in [0.717, 1.165) is 0 Å². The normalized spacial score (nSPS) is 12.0. The SMILES string of the molecule is CCC(c1cccc(C#N)c1)n1c(COC(C)C)nc(O)c(S(=O)(=O)c2ccc(-c3cnccc3C#N)cc2)c1=O. The van der Waals surface area contributed by atoms with E-state index in [1.807, 2.05) is 6.92 Å². The zero-order valence-electron chi connectivity index (χ0n) is 22.6. The van der Waals surface area contributed by atoms with Gasteiger partial charge >= 0.3 is 0 Å². The highest BCUT2D eigenvalue weighted by Gasteiger charge is 2.32. The van der Waals surface area contributed by atoms with E-state index in [1.165, 1.54) is 41.2 Å². The van der Waals surface area contributed by atoms with Crippen LogP contribution < -0.4 is 5.56 Å². The Labute approximate surface area is 237 Å². The Morgan fingerprint density at radius 3 is 2.44 bits per heavy atom. The largest absolute Gasteiger partial charge is 0.492 e. The maximum absolute atomic E-state index is 14.0. The number of aromatic nitrogens is 3. The summed E-state index contributed by atoms with van der Waals surface area (Å²) in [4.78, 5) is 21.0. The first-order valence-electron chi connectivity index (χ1n) is 12.8. The average Bonchev–Trinajstić information content (AvgIpc) is 2.97. The van der Waals surface area contributed by atoms with Crippen LogP contribution in [0, 0.1) is 22.7 Å². The predicted octanol–water partition coefficient (Wildman–Crippen LogP) is 4.51. The maximum Gasteiger partial charge on any atom is 0.277 e. The van der Waals surface area contributed by atoms with Crippen LogP contribution in [-0.4, -0.2) is 34.2 Å². The molecule has 0 aliphatic carbocycles. The van der Waals surface area contributed by atoms with Gasteiger partial charge in [0.1, 0.15) is 12.4 Å². The molecule has 0 aliphatic heterocycles. The molecular weight excluding hydrogens is 542 g/mol. The van der Waals surface area contributed by atoms with Crippen LogP contribution in [0.2, 0.25) is 0 Å². The van der Waals surface area contributed by atoms with E-state index in [4.69, 9.17) is 4.74 Å². The Hall–Kier alpha value is -4.84. The molecule has 1 N–H and O–H groups in total. The van der Waals surface area contributed by atoms with E-state index >= 15 is 0 Å². The molecule has 1 unspecified atom stereocenters. The Kier molecular flexibility index (Phi) is 8.62. The minimum atomic E-state index is -4.54. The summed E-state index contributed by atoms with van der Waals surface area (Å²) in [5.41, 5.74) is 1.46. The van der Waals surface area contributed by atoms with E-state index in [0.29, 0.717) is 34.2 Å². The van der Waals surface area contributed by atoms with Crippen molar-refractivity contribution in [3.05, 3.63) is 99.9 Å². The summed E-state index contributed by atoms with van der Waals surface area (Å²) in [6, 6.07) is 17.3. The van der Waals surface area contributed by atoms with E-state index in [1.54, 1.807) is 44.2 Å². The molecule has 208 valence electrons. The maximum atomic E-state index is 14.0. The van der Waals surface area contributed by atoms with E-state index in [-0.39, 0.29) is 23.4 Å². The highest BCUT2D eigenvalue weighted by atomic mass is 32.2. The first kappa shape index (κ1) is 29.2. The van der Waals surface area contributed by atoms with E-state index in [2.05, 4.69) is 22.1 Å². The number of nitrogens with zero attached hydrogens (tertiary/aromatic N) is 5. The van der Waals surface area contributed by atoms with Gasteiger partial charge in [0.2, 0.25) is 15.7 Å². The summed E-state index contributed by atoms with van der Waals surface area (Å²) in [6.45, 7) is 5.25. The smallest absolute Gasteiger partial charge is 0.277 e. The van der Waals surface area contributed by atoms with Crippen LogP contribution in [0.1, 0.15) is 55.7 Å². The number of hydrogen-bond donors (Lipinski definition) is 1. The van der Waals surface area contributed by atoms with Crippen molar-refractivity contribution in [1.82, 2.24) is 14.5 Å². The Morgan fingerprint density at radius 2 is 1.80 bits per heavy atom. The Bertz CT molecular complexity index is 1840. The standard InChI is InChI=1S/C30H27N5O5S/c1-4-26(22-7-5-6-20(14-22)15-31)35-27(18-40-19(2)3)34-29(36)28(30(35)37)41(38,39)24-10-8-21(9-11-24)25-17-33-13-12-23(25)16-32/h5-14,17,19,26,36H,4,18H2,1-3H3. The molecule has 0 spiro atoms. The van der Waals surface area contributed by atoms with Gasteiger partial charge in [-0.2, -0.15) is 15.5 Å². The number of ether oxygens (including phenoxy) is 1.